The fourth-order valence-electron chi connectivity index (χ4n) is 2.25. The Hall–Kier alpha value is -2.60. The van der Waals surface area contributed by atoms with Gasteiger partial charge in [0.2, 0.25) is 5.91 Å². The smallest absolute Gasteiger partial charge is 0.228 e. The summed E-state index contributed by atoms with van der Waals surface area (Å²) in [5, 5.41) is 9.89. The summed E-state index contributed by atoms with van der Waals surface area (Å²) in [5.74, 6) is 1.34. The molecule has 0 unspecified atom stereocenters. The van der Waals surface area contributed by atoms with Gasteiger partial charge in [-0.15, -0.1) is 0 Å². The second kappa shape index (κ2) is 7.31. The average molecular weight is 386 g/mol. The van der Waals surface area contributed by atoms with Crippen LogP contribution in [0, 0.1) is 6.92 Å². The zero-order chi connectivity index (χ0) is 16.9. The van der Waals surface area contributed by atoms with Crippen LogP contribution in [0.1, 0.15) is 11.3 Å². The van der Waals surface area contributed by atoms with Crippen LogP contribution in [0.5, 0.6) is 0 Å². The van der Waals surface area contributed by atoms with Crippen molar-refractivity contribution in [3.63, 3.8) is 0 Å². The lowest BCUT2D eigenvalue weighted by Gasteiger charge is -2.07. The number of aryl methyl sites for hydroxylation is 1. The summed E-state index contributed by atoms with van der Waals surface area (Å²) in [6, 6.07) is 17.0. The van der Waals surface area contributed by atoms with E-state index in [1.54, 1.807) is 0 Å². The minimum atomic E-state index is -0.0547. The van der Waals surface area contributed by atoms with Gasteiger partial charge in [0.05, 0.1) is 6.42 Å². The predicted octanol–water partition coefficient (Wildman–Crippen LogP) is 4.67. The van der Waals surface area contributed by atoms with Gasteiger partial charge >= 0.3 is 0 Å². The molecule has 24 heavy (non-hydrogen) atoms. The van der Waals surface area contributed by atoms with E-state index in [0.717, 1.165) is 27.2 Å². The number of anilines is 3. The van der Waals surface area contributed by atoms with Crippen LogP contribution in [-0.4, -0.2) is 11.1 Å². The standard InChI is InChI=1S/C18H16BrN3O2/c1-12-9-17(22-24-12)20-15-5-7-16(8-6-15)21-18(23)11-13-3-2-4-14(19)10-13/h2-10H,11H2,1H3,(H,20,22)(H,21,23). The Morgan fingerprint density at radius 3 is 2.54 bits per heavy atom. The summed E-state index contributed by atoms with van der Waals surface area (Å²) in [4.78, 5) is 12.1. The van der Waals surface area contributed by atoms with E-state index in [9.17, 15) is 4.79 Å². The first kappa shape index (κ1) is 16.3. The number of halogens is 1. The van der Waals surface area contributed by atoms with E-state index >= 15 is 0 Å². The van der Waals surface area contributed by atoms with Crippen molar-refractivity contribution in [2.75, 3.05) is 10.6 Å². The van der Waals surface area contributed by atoms with Gasteiger partial charge in [0, 0.05) is 21.9 Å². The number of aromatic nitrogens is 1. The van der Waals surface area contributed by atoms with Crippen LogP contribution in [0.4, 0.5) is 17.2 Å². The first-order valence-corrected chi connectivity index (χ1v) is 8.22. The van der Waals surface area contributed by atoms with Crippen molar-refractivity contribution in [3.8, 4) is 0 Å². The molecule has 0 fully saturated rings. The molecule has 2 N–H and O–H groups in total. The summed E-state index contributed by atoms with van der Waals surface area (Å²) in [6.45, 7) is 1.84. The predicted molar refractivity (Wildman–Crippen MR) is 97.4 cm³/mol. The fourth-order valence-corrected chi connectivity index (χ4v) is 2.69. The second-order valence-electron chi connectivity index (χ2n) is 5.38. The molecule has 0 saturated heterocycles. The lowest BCUT2D eigenvalue weighted by Crippen LogP contribution is -2.14. The van der Waals surface area contributed by atoms with Crippen molar-refractivity contribution >= 4 is 39.0 Å². The number of carbonyl (C=O) groups excluding carboxylic acids is 1. The Kier molecular flexibility index (Phi) is 4.96. The van der Waals surface area contributed by atoms with E-state index in [4.69, 9.17) is 4.52 Å². The Balaban J connectivity index is 1.58. The maximum absolute atomic E-state index is 12.1. The molecule has 0 bridgehead atoms. The van der Waals surface area contributed by atoms with Gasteiger partial charge in [0.1, 0.15) is 5.76 Å². The van der Waals surface area contributed by atoms with E-state index in [1.807, 2.05) is 61.5 Å². The molecule has 3 aromatic rings. The normalized spacial score (nSPS) is 10.4. The second-order valence-corrected chi connectivity index (χ2v) is 6.30. The van der Waals surface area contributed by atoms with Gasteiger partial charge in [-0.3, -0.25) is 4.79 Å². The maximum Gasteiger partial charge on any atom is 0.228 e. The number of hydrogen-bond acceptors (Lipinski definition) is 4. The van der Waals surface area contributed by atoms with Crippen LogP contribution < -0.4 is 10.6 Å². The Bertz CT molecular complexity index is 843. The molecule has 0 spiro atoms. The van der Waals surface area contributed by atoms with Crippen LogP contribution in [0.2, 0.25) is 0 Å². The molecule has 1 aromatic heterocycles. The minimum Gasteiger partial charge on any atom is -0.360 e. The van der Waals surface area contributed by atoms with E-state index in [2.05, 4.69) is 31.7 Å². The van der Waals surface area contributed by atoms with Gasteiger partial charge in [-0.25, -0.2) is 0 Å². The van der Waals surface area contributed by atoms with Crippen LogP contribution >= 0.6 is 15.9 Å². The molecule has 0 saturated carbocycles. The molecule has 0 aliphatic rings. The van der Waals surface area contributed by atoms with Crippen molar-refractivity contribution in [3.05, 3.63) is 70.4 Å². The monoisotopic (exact) mass is 385 g/mol. The van der Waals surface area contributed by atoms with Crippen LogP contribution in [0.3, 0.4) is 0 Å². The summed E-state index contributed by atoms with van der Waals surface area (Å²) >= 11 is 3.41. The molecule has 0 aliphatic heterocycles. The highest BCUT2D eigenvalue weighted by Crippen LogP contribution is 2.19. The molecule has 1 amide bonds. The largest absolute Gasteiger partial charge is 0.360 e. The highest BCUT2D eigenvalue weighted by atomic mass is 79.9. The average Bonchev–Trinajstić information content (AvgIpc) is 2.94. The van der Waals surface area contributed by atoms with E-state index < -0.39 is 0 Å². The SMILES string of the molecule is Cc1cc(Nc2ccc(NC(=O)Cc3cccc(Br)c3)cc2)no1. The highest BCUT2D eigenvalue weighted by Gasteiger charge is 2.05. The van der Waals surface area contributed by atoms with Crippen molar-refractivity contribution in [2.45, 2.75) is 13.3 Å². The van der Waals surface area contributed by atoms with Crippen LogP contribution in [-0.2, 0) is 11.2 Å². The third-order valence-corrected chi connectivity index (χ3v) is 3.82. The lowest BCUT2D eigenvalue weighted by molar-refractivity contribution is -0.115. The molecule has 0 radical (unpaired) electrons. The van der Waals surface area contributed by atoms with Gasteiger partial charge in [-0.1, -0.05) is 33.2 Å². The number of benzene rings is 2. The number of carbonyl (C=O) groups is 1. The van der Waals surface area contributed by atoms with E-state index in [1.165, 1.54) is 0 Å². The Labute approximate surface area is 148 Å². The fraction of sp³-hybridized carbons (Fsp3) is 0.111. The summed E-state index contributed by atoms with van der Waals surface area (Å²) < 4.78 is 5.97. The Morgan fingerprint density at radius 2 is 1.88 bits per heavy atom. The third kappa shape index (κ3) is 4.45. The first-order valence-electron chi connectivity index (χ1n) is 7.43. The van der Waals surface area contributed by atoms with Gasteiger partial charge in [0.25, 0.3) is 0 Å². The number of nitrogens with one attached hydrogen (secondary N) is 2. The molecule has 2 aromatic carbocycles. The number of hydrogen-bond donors (Lipinski definition) is 2. The number of nitrogens with zero attached hydrogens (tertiary/aromatic N) is 1. The highest BCUT2D eigenvalue weighted by molar-refractivity contribution is 9.10. The molecule has 0 aliphatic carbocycles. The molecule has 1 heterocycles. The Morgan fingerprint density at radius 1 is 1.12 bits per heavy atom. The van der Waals surface area contributed by atoms with Crippen LogP contribution in [0.25, 0.3) is 0 Å². The number of rotatable bonds is 5. The molecular formula is C18H16BrN3O2. The third-order valence-electron chi connectivity index (χ3n) is 3.32. The zero-order valence-electron chi connectivity index (χ0n) is 13.0. The molecule has 5 nitrogen and oxygen atoms in total. The molecule has 122 valence electrons. The molecule has 3 rings (SSSR count). The van der Waals surface area contributed by atoms with Gasteiger partial charge in [-0.05, 0) is 48.9 Å². The summed E-state index contributed by atoms with van der Waals surface area (Å²) in [7, 11) is 0. The number of amides is 1. The summed E-state index contributed by atoms with van der Waals surface area (Å²) in [6.07, 6.45) is 0.331. The van der Waals surface area contributed by atoms with Gasteiger partial charge in [-0.2, -0.15) is 0 Å². The minimum absolute atomic E-state index is 0.0547. The van der Waals surface area contributed by atoms with E-state index in [-0.39, 0.29) is 5.91 Å². The van der Waals surface area contributed by atoms with Crippen molar-refractivity contribution in [2.24, 2.45) is 0 Å². The van der Waals surface area contributed by atoms with Crippen LogP contribution in [0.15, 0.2) is 63.6 Å². The van der Waals surface area contributed by atoms with Gasteiger partial charge < -0.3 is 15.2 Å². The first-order chi connectivity index (χ1) is 11.6. The summed E-state index contributed by atoms with van der Waals surface area (Å²) in [5.41, 5.74) is 2.58. The van der Waals surface area contributed by atoms with E-state index in [0.29, 0.717) is 12.2 Å². The quantitative estimate of drug-likeness (QED) is 0.669. The van der Waals surface area contributed by atoms with Crippen molar-refractivity contribution < 1.29 is 9.32 Å². The topological polar surface area (TPSA) is 67.2 Å². The zero-order valence-corrected chi connectivity index (χ0v) is 14.6. The van der Waals surface area contributed by atoms with Gasteiger partial charge in [0.15, 0.2) is 5.82 Å². The van der Waals surface area contributed by atoms with Crippen molar-refractivity contribution in [1.82, 2.24) is 5.16 Å². The lowest BCUT2D eigenvalue weighted by atomic mass is 10.1. The maximum atomic E-state index is 12.1. The molecule has 0 atom stereocenters. The molecule has 6 heteroatoms. The van der Waals surface area contributed by atoms with Crippen molar-refractivity contribution in [1.29, 1.82) is 0 Å². The molecular weight excluding hydrogens is 370 g/mol.